The van der Waals surface area contributed by atoms with Gasteiger partial charge in [0, 0.05) is 16.7 Å². The third-order valence-electron chi connectivity index (χ3n) is 6.09. The molecule has 0 bridgehead atoms. The van der Waals surface area contributed by atoms with E-state index in [0.29, 0.717) is 18.1 Å². The van der Waals surface area contributed by atoms with Gasteiger partial charge in [0.1, 0.15) is 4.08 Å². The SMILES string of the molecule is COc1cc([C@@H]2c3ccsc3C3(SCCCS3)[C@@H]3COC(=O)[C@@H]23)cc(OC)c1O. The molecule has 3 atom stereocenters. The van der Waals surface area contributed by atoms with Crippen molar-refractivity contribution in [2.75, 3.05) is 32.3 Å². The Morgan fingerprint density at radius 1 is 1.17 bits per heavy atom. The van der Waals surface area contributed by atoms with Gasteiger partial charge in [-0.2, -0.15) is 0 Å². The van der Waals surface area contributed by atoms with E-state index in [0.717, 1.165) is 17.1 Å². The van der Waals surface area contributed by atoms with Crippen molar-refractivity contribution < 1.29 is 24.1 Å². The number of fused-ring (bicyclic) bond motifs is 4. The van der Waals surface area contributed by atoms with Gasteiger partial charge < -0.3 is 19.3 Å². The largest absolute Gasteiger partial charge is 0.502 e. The molecule has 3 heterocycles. The molecule has 3 aliphatic rings. The summed E-state index contributed by atoms with van der Waals surface area (Å²) in [7, 11) is 3.04. The van der Waals surface area contributed by atoms with Crippen LogP contribution in [0, 0.1) is 11.8 Å². The lowest BCUT2D eigenvalue weighted by Crippen LogP contribution is -2.43. The second-order valence-corrected chi connectivity index (χ2v) is 11.3. The minimum atomic E-state index is -0.255. The van der Waals surface area contributed by atoms with Crippen LogP contribution in [0.25, 0.3) is 0 Å². The summed E-state index contributed by atoms with van der Waals surface area (Å²) in [5, 5.41) is 12.5. The monoisotopic (exact) mass is 450 g/mol. The number of methoxy groups -OCH3 is 2. The van der Waals surface area contributed by atoms with Gasteiger partial charge in [0.2, 0.25) is 5.75 Å². The maximum Gasteiger partial charge on any atom is 0.310 e. The number of aromatic hydroxyl groups is 1. The molecule has 0 radical (unpaired) electrons. The fourth-order valence-corrected chi connectivity index (χ4v) is 10.0. The van der Waals surface area contributed by atoms with Gasteiger partial charge in [-0.1, -0.05) is 0 Å². The zero-order valence-electron chi connectivity index (χ0n) is 16.2. The summed E-state index contributed by atoms with van der Waals surface area (Å²) < 4.78 is 16.3. The van der Waals surface area contributed by atoms with E-state index in [4.69, 9.17) is 14.2 Å². The topological polar surface area (TPSA) is 65.0 Å². The Hall–Kier alpha value is -1.51. The summed E-state index contributed by atoms with van der Waals surface area (Å²) in [5.74, 6) is 2.46. The minimum Gasteiger partial charge on any atom is -0.502 e. The van der Waals surface area contributed by atoms with Crippen molar-refractivity contribution in [3.8, 4) is 17.2 Å². The van der Waals surface area contributed by atoms with E-state index >= 15 is 0 Å². The first-order chi connectivity index (χ1) is 14.1. The molecular formula is C21H22O5S3. The summed E-state index contributed by atoms with van der Waals surface area (Å²) in [6, 6.07) is 5.80. The molecule has 0 amide bonds. The Morgan fingerprint density at radius 2 is 1.86 bits per heavy atom. The summed E-state index contributed by atoms with van der Waals surface area (Å²) in [5.41, 5.74) is 2.09. The van der Waals surface area contributed by atoms with Crippen molar-refractivity contribution >= 4 is 40.8 Å². The van der Waals surface area contributed by atoms with E-state index in [9.17, 15) is 9.90 Å². The van der Waals surface area contributed by atoms with Crippen LogP contribution in [0.5, 0.6) is 17.2 Å². The standard InChI is InChI=1S/C21H22O5S3/c1-24-14-8-11(9-15(25-2)18(14)22)16-12-4-7-27-19(12)21(28-5-3-6-29-21)13-10-26-20(23)17(13)16/h4,7-9,13,16-17,22H,3,5-6,10H2,1-2H3/t13-,16-,17-/m1/s1. The second kappa shape index (κ2) is 7.32. The van der Waals surface area contributed by atoms with Crippen LogP contribution >= 0.6 is 34.9 Å². The normalized spacial score (nSPS) is 27.2. The van der Waals surface area contributed by atoms with Gasteiger partial charge in [-0.25, -0.2) is 0 Å². The predicted molar refractivity (Wildman–Crippen MR) is 117 cm³/mol. The first-order valence-electron chi connectivity index (χ1n) is 9.58. The molecule has 5 nitrogen and oxygen atoms in total. The zero-order chi connectivity index (χ0) is 20.2. The molecule has 1 aromatic carbocycles. The molecule has 2 fully saturated rings. The van der Waals surface area contributed by atoms with E-state index in [2.05, 4.69) is 11.4 Å². The molecule has 0 saturated carbocycles. The van der Waals surface area contributed by atoms with Gasteiger partial charge in [-0.05, 0) is 52.6 Å². The molecule has 5 rings (SSSR count). The van der Waals surface area contributed by atoms with Crippen molar-refractivity contribution in [1.82, 2.24) is 0 Å². The number of cyclic esters (lactones) is 1. The highest BCUT2D eigenvalue weighted by Crippen LogP contribution is 2.66. The lowest BCUT2D eigenvalue weighted by atomic mass is 9.69. The van der Waals surface area contributed by atoms with E-state index in [-0.39, 0.29) is 33.6 Å². The lowest BCUT2D eigenvalue weighted by Gasteiger charge is -2.47. The van der Waals surface area contributed by atoms with E-state index in [1.807, 2.05) is 35.7 Å². The van der Waals surface area contributed by atoms with Gasteiger partial charge in [-0.3, -0.25) is 4.79 Å². The summed E-state index contributed by atoms with van der Waals surface area (Å²) in [6.45, 7) is 0.462. The molecule has 29 heavy (non-hydrogen) atoms. The predicted octanol–water partition coefficient (Wildman–Crippen LogP) is 4.43. The number of benzene rings is 1. The Kier molecular flexibility index (Phi) is 4.91. The van der Waals surface area contributed by atoms with Crippen molar-refractivity contribution in [1.29, 1.82) is 0 Å². The number of carbonyl (C=O) groups excluding carboxylic acids is 1. The Morgan fingerprint density at radius 3 is 2.52 bits per heavy atom. The number of thioether (sulfide) groups is 2. The molecule has 1 spiro atoms. The number of rotatable bonds is 3. The number of phenolic OH excluding ortho intramolecular Hbond substituents is 1. The highest BCUT2D eigenvalue weighted by atomic mass is 32.2. The van der Waals surface area contributed by atoms with Gasteiger partial charge in [0.25, 0.3) is 0 Å². The van der Waals surface area contributed by atoms with Crippen LogP contribution in [0.15, 0.2) is 23.6 Å². The van der Waals surface area contributed by atoms with Crippen LogP contribution in [0.3, 0.4) is 0 Å². The first-order valence-corrected chi connectivity index (χ1v) is 12.4. The van der Waals surface area contributed by atoms with Gasteiger partial charge in [0.15, 0.2) is 11.5 Å². The number of thiophene rings is 1. The maximum absolute atomic E-state index is 13.0. The van der Waals surface area contributed by atoms with Crippen molar-refractivity contribution in [2.45, 2.75) is 16.4 Å². The molecule has 1 aliphatic carbocycles. The number of hydrogen-bond acceptors (Lipinski definition) is 8. The third kappa shape index (κ3) is 2.79. The number of esters is 1. The molecule has 1 aromatic heterocycles. The van der Waals surface area contributed by atoms with Crippen molar-refractivity contribution in [3.05, 3.63) is 39.6 Å². The van der Waals surface area contributed by atoms with Crippen LogP contribution in [-0.2, 0) is 13.6 Å². The number of carbonyl (C=O) groups is 1. The van der Waals surface area contributed by atoms with Crippen LogP contribution in [0.4, 0.5) is 0 Å². The fourth-order valence-electron chi connectivity index (χ4n) is 4.83. The molecule has 1 N–H and O–H groups in total. The number of hydrogen-bond donors (Lipinski definition) is 1. The average Bonchev–Trinajstić information content (AvgIpc) is 3.38. The van der Waals surface area contributed by atoms with Gasteiger partial charge in [0.05, 0.1) is 26.7 Å². The Labute approximate surface area is 182 Å². The smallest absolute Gasteiger partial charge is 0.310 e. The summed E-state index contributed by atoms with van der Waals surface area (Å²) in [4.78, 5) is 14.3. The lowest BCUT2D eigenvalue weighted by molar-refractivity contribution is -0.141. The van der Waals surface area contributed by atoms with Crippen LogP contribution in [0.2, 0.25) is 0 Å². The quantitative estimate of drug-likeness (QED) is 0.694. The minimum absolute atomic E-state index is 0.0273. The van der Waals surface area contributed by atoms with Crippen LogP contribution in [-0.4, -0.2) is 43.4 Å². The van der Waals surface area contributed by atoms with Crippen LogP contribution < -0.4 is 9.47 Å². The van der Waals surface area contributed by atoms with Crippen LogP contribution in [0.1, 0.15) is 28.3 Å². The summed E-state index contributed by atoms with van der Waals surface area (Å²) in [6.07, 6.45) is 1.19. The molecule has 154 valence electrons. The average molecular weight is 451 g/mol. The van der Waals surface area contributed by atoms with Crippen molar-refractivity contribution in [3.63, 3.8) is 0 Å². The molecule has 8 heteroatoms. The van der Waals surface area contributed by atoms with Crippen molar-refractivity contribution in [2.24, 2.45) is 11.8 Å². The van der Waals surface area contributed by atoms with E-state index < -0.39 is 0 Å². The number of phenols is 1. The zero-order valence-corrected chi connectivity index (χ0v) is 18.6. The van der Waals surface area contributed by atoms with Gasteiger partial charge in [-0.15, -0.1) is 34.9 Å². The maximum atomic E-state index is 13.0. The summed E-state index contributed by atoms with van der Waals surface area (Å²) >= 11 is 5.74. The molecular weight excluding hydrogens is 428 g/mol. The Bertz CT molecular complexity index is 925. The molecule has 0 unspecified atom stereocenters. The Balaban J connectivity index is 1.71. The third-order valence-corrected chi connectivity index (χ3v) is 11.0. The van der Waals surface area contributed by atoms with E-state index in [1.54, 1.807) is 11.3 Å². The van der Waals surface area contributed by atoms with Gasteiger partial charge >= 0.3 is 5.97 Å². The molecule has 2 aliphatic heterocycles. The number of ether oxygens (including phenoxy) is 3. The second-order valence-electron chi connectivity index (χ2n) is 7.44. The van der Waals surface area contributed by atoms with E-state index in [1.165, 1.54) is 31.1 Å². The highest BCUT2D eigenvalue weighted by Gasteiger charge is 2.60. The first kappa shape index (κ1) is 19.5. The molecule has 2 saturated heterocycles. The highest BCUT2D eigenvalue weighted by molar-refractivity contribution is 8.18. The molecule has 2 aromatic rings. The fraction of sp³-hybridized carbons (Fsp3) is 0.476.